The van der Waals surface area contributed by atoms with E-state index in [2.05, 4.69) is 16.4 Å². The molecule has 0 saturated carbocycles. The second kappa shape index (κ2) is 11.3. The van der Waals surface area contributed by atoms with Crippen molar-refractivity contribution in [3.05, 3.63) is 107 Å². The van der Waals surface area contributed by atoms with Crippen molar-refractivity contribution in [2.24, 2.45) is 0 Å². The lowest BCUT2D eigenvalue weighted by atomic mass is 9.96. The van der Waals surface area contributed by atoms with Gasteiger partial charge >= 0.3 is 6.18 Å². The van der Waals surface area contributed by atoms with E-state index in [1.54, 1.807) is 24.4 Å². The molecule has 0 fully saturated rings. The Labute approximate surface area is 217 Å². The van der Waals surface area contributed by atoms with Crippen LogP contribution in [-0.4, -0.2) is 35.4 Å². The summed E-state index contributed by atoms with van der Waals surface area (Å²) in [5.41, 5.74) is 3.29. The number of H-pyrrole nitrogens is 1. The molecule has 0 aliphatic carbocycles. The van der Waals surface area contributed by atoms with Crippen molar-refractivity contribution in [1.82, 2.24) is 15.6 Å². The third kappa shape index (κ3) is 6.10. The number of hydrogen-bond acceptors (Lipinski definition) is 4. The van der Waals surface area contributed by atoms with Gasteiger partial charge in [0.05, 0.1) is 17.7 Å². The van der Waals surface area contributed by atoms with Gasteiger partial charge < -0.3 is 15.6 Å². The van der Waals surface area contributed by atoms with E-state index in [9.17, 15) is 22.8 Å². The van der Waals surface area contributed by atoms with E-state index in [0.717, 1.165) is 18.1 Å². The fourth-order valence-electron chi connectivity index (χ4n) is 4.10. The third-order valence-corrected chi connectivity index (χ3v) is 6.29. The molecule has 6 nitrogen and oxygen atoms in total. The quantitative estimate of drug-likeness (QED) is 0.256. The summed E-state index contributed by atoms with van der Waals surface area (Å²) in [6, 6.07) is 20.4. The molecule has 0 unspecified atom stereocenters. The molecule has 9 heteroatoms. The summed E-state index contributed by atoms with van der Waals surface area (Å²) in [6.45, 7) is 1.38. The molecular formula is C29H25F3N4O2. The first-order valence-corrected chi connectivity index (χ1v) is 12.0. The molecule has 0 spiro atoms. The van der Waals surface area contributed by atoms with Crippen LogP contribution in [0.3, 0.4) is 0 Å². The van der Waals surface area contributed by atoms with E-state index in [4.69, 9.17) is 5.26 Å². The minimum absolute atomic E-state index is 0.0506. The van der Waals surface area contributed by atoms with Gasteiger partial charge in [-0.1, -0.05) is 48.5 Å². The highest BCUT2D eigenvalue weighted by atomic mass is 19.4. The number of halogens is 3. The van der Waals surface area contributed by atoms with Gasteiger partial charge in [0, 0.05) is 34.8 Å². The van der Waals surface area contributed by atoms with Crippen molar-refractivity contribution in [3.63, 3.8) is 0 Å². The zero-order valence-electron chi connectivity index (χ0n) is 20.5. The Morgan fingerprint density at radius 2 is 1.74 bits per heavy atom. The number of alkyl halides is 3. The van der Waals surface area contributed by atoms with Crippen molar-refractivity contribution in [3.8, 4) is 6.07 Å². The smallest absolute Gasteiger partial charge is 0.360 e. The highest BCUT2D eigenvalue weighted by Gasteiger charge is 2.37. The van der Waals surface area contributed by atoms with Gasteiger partial charge in [0.25, 0.3) is 5.91 Å². The van der Waals surface area contributed by atoms with Crippen molar-refractivity contribution in [1.29, 1.82) is 5.26 Å². The summed E-state index contributed by atoms with van der Waals surface area (Å²) in [7, 11) is 0. The molecule has 3 aromatic carbocycles. The molecule has 0 aliphatic rings. The van der Waals surface area contributed by atoms with Crippen molar-refractivity contribution in [2.45, 2.75) is 31.6 Å². The number of carbonyl (C=O) groups excluding carboxylic acids is 2. The highest BCUT2D eigenvalue weighted by Crippen LogP contribution is 2.26. The number of Topliss-reactive ketones (excluding diaryl/α,β-unsaturated/α-hetero) is 1. The van der Waals surface area contributed by atoms with Gasteiger partial charge in [-0.3, -0.25) is 9.59 Å². The van der Waals surface area contributed by atoms with Crippen LogP contribution >= 0.6 is 0 Å². The number of fused-ring (bicyclic) bond motifs is 1. The first-order valence-electron chi connectivity index (χ1n) is 12.0. The summed E-state index contributed by atoms with van der Waals surface area (Å²) in [6.07, 6.45) is -2.36. The number of aromatic nitrogens is 1. The Balaban J connectivity index is 1.54. The maximum absolute atomic E-state index is 13.7. The van der Waals surface area contributed by atoms with E-state index in [0.29, 0.717) is 35.0 Å². The SMILES string of the molecule is C[C@H](NC(=O)c1ccc2c(C(=O)[C@H](NCCc3ccc(C#N)cc3)c3ccccc3)c[nH]c2c1)C(F)(F)F. The van der Waals surface area contributed by atoms with Gasteiger partial charge in [0.15, 0.2) is 5.78 Å². The fourth-order valence-corrected chi connectivity index (χ4v) is 4.10. The molecule has 0 bridgehead atoms. The van der Waals surface area contributed by atoms with Crippen LogP contribution < -0.4 is 10.6 Å². The van der Waals surface area contributed by atoms with Gasteiger partial charge in [0.1, 0.15) is 6.04 Å². The average Bonchev–Trinajstić information content (AvgIpc) is 3.34. The van der Waals surface area contributed by atoms with E-state index >= 15 is 0 Å². The van der Waals surface area contributed by atoms with Gasteiger partial charge in [-0.2, -0.15) is 18.4 Å². The van der Waals surface area contributed by atoms with Crippen LogP contribution in [-0.2, 0) is 6.42 Å². The standard InChI is InChI=1S/C29H25F3N4O2/c1-18(29(30,31)32)36-28(38)22-11-12-23-24(17-35-25(23)15-22)27(37)26(21-5-3-2-4-6-21)34-14-13-19-7-9-20(16-33)10-8-19/h2-12,15,17-18,26,34-35H,13-14H2,1H3,(H,36,38)/t18-,26+/m0/s1. The number of hydrogen-bond donors (Lipinski definition) is 3. The molecule has 0 aliphatic heterocycles. The van der Waals surface area contributed by atoms with Gasteiger partial charge in [0.2, 0.25) is 0 Å². The number of aromatic amines is 1. The summed E-state index contributed by atoms with van der Waals surface area (Å²) < 4.78 is 38.5. The number of nitriles is 1. The molecule has 1 aromatic heterocycles. The first-order chi connectivity index (χ1) is 18.2. The van der Waals surface area contributed by atoms with Crippen LogP contribution in [0.15, 0.2) is 79.0 Å². The molecule has 4 aromatic rings. The number of benzene rings is 3. The van der Waals surface area contributed by atoms with Crippen LogP contribution in [0.2, 0.25) is 0 Å². The van der Waals surface area contributed by atoms with Crippen LogP contribution in [0, 0.1) is 11.3 Å². The second-order valence-corrected chi connectivity index (χ2v) is 8.92. The van der Waals surface area contributed by atoms with Crippen LogP contribution in [0.4, 0.5) is 13.2 Å². The number of nitrogens with one attached hydrogen (secondary N) is 3. The Morgan fingerprint density at radius 1 is 1.03 bits per heavy atom. The van der Waals surface area contributed by atoms with E-state index in [1.165, 1.54) is 12.1 Å². The van der Waals surface area contributed by atoms with E-state index in [-0.39, 0.29) is 11.3 Å². The second-order valence-electron chi connectivity index (χ2n) is 8.92. The van der Waals surface area contributed by atoms with Crippen molar-refractivity contribution < 1.29 is 22.8 Å². The Kier molecular flexibility index (Phi) is 7.93. The Hall–Kier alpha value is -4.42. The zero-order valence-corrected chi connectivity index (χ0v) is 20.5. The molecule has 38 heavy (non-hydrogen) atoms. The predicted molar refractivity (Wildman–Crippen MR) is 138 cm³/mol. The van der Waals surface area contributed by atoms with Crippen LogP contribution in [0.5, 0.6) is 0 Å². The molecule has 3 N–H and O–H groups in total. The molecule has 194 valence electrons. The lowest BCUT2D eigenvalue weighted by Gasteiger charge is -2.18. The minimum Gasteiger partial charge on any atom is -0.360 e. The molecule has 4 rings (SSSR count). The number of amides is 1. The lowest BCUT2D eigenvalue weighted by Crippen LogP contribution is -2.43. The fraction of sp³-hybridized carbons (Fsp3) is 0.207. The molecule has 0 saturated heterocycles. The minimum atomic E-state index is -4.55. The van der Waals surface area contributed by atoms with Crippen molar-refractivity contribution in [2.75, 3.05) is 6.54 Å². The molecule has 2 atom stereocenters. The van der Waals surface area contributed by atoms with Gasteiger partial charge in [-0.05, 0) is 48.7 Å². The van der Waals surface area contributed by atoms with E-state index in [1.807, 2.05) is 47.8 Å². The topological polar surface area (TPSA) is 97.8 Å². The first kappa shape index (κ1) is 26.6. The number of ketones is 1. The maximum atomic E-state index is 13.7. The predicted octanol–water partition coefficient (Wildman–Crippen LogP) is 5.48. The average molecular weight is 519 g/mol. The number of nitrogens with zero attached hydrogens (tertiary/aromatic N) is 1. The summed E-state index contributed by atoms with van der Waals surface area (Å²) in [5, 5.41) is 14.8. The van der Waals surface area contributed by atoms with Crippen molar-refractivity contribution >= 4 is 22.6 Å². The summed E-state index contributed by atoms with van der Waals surface area (Å²) >= 11 is 0. The highest BCUT2D eigenvalue weighted by molar-refractivity contribution is 6.11. The largest absolute Gasteiger partial charge is 0.408 e. The van der Waals surface area contributed by atoms with Crippen LogP contribution in [0.1, 0.15) is 50.4 Å². The molecule has 1 heterocycles. The van der Waals surface area contributed by atoms with Gasteiger partial charge in [-0.15, -0.1) is 0 Å². The Bertz CT molecular complexity index is 1470. The maximum Gasteiger partial charge on any atom is 0.408 e. The van der Waals surface area contributed by atoms with Crippen LogP contribution in [0.25, 0.3) is 10.9 Å². The Morgan fingerprint density at radius 3 is 2.39 bits per heavy atom. The van der Waals surface area contributed by atoms with Gasteiger partial charge in [-0.25, -0.2) is 0 Å². The zero-order chi connectivity index (χ0) is 27.3. The monoisotopic (exact) mass is 518 g/mol. The summed E-state index contributed by atoms with van der Waals surface area (Å²) in [5.74, 6) is -1.05. The lowest BCUT2D eigenvalue weighted by molar-refractivity contribution is -0.149. The summed E-state index contributed by atoms with van der Waals surface area (Å²) in [4.78, 5) is 29.0. The molecule has 0 radical (unpaired) electrons. The normalized spacial score (nSPS) is 13.0. The van der Waals surface area contributed by atoms with E-state index < -0.39 is 24.2 Å². The molecule has 1 amide bonds. The number of rotatable bonds is 9. The molecular weight excluding hydrogens is 493 g/mol. The number of carbonyl (C=O) groups is 2. The third-order valence-electron chi connectivity index (χ3n) is 6.29.